The van der Waals surface area contributed by atoms with Gasteiger partial charge in [0.25, 0.3) is 0 Å². The first-order chi connectivity index (χ1) is 3.39. The summed E-state index contributed by atoms with van der Waals surface area (Å²) in [6, 6.07) is 0. The maximum atomic E-state index is 4.92. The molecule has 0 spiro atoms. The molecule has 1 rings (SSSR count). The molecule has 0 amide bonds. The van der Waals surface area contributed by atoms with Gasteiger partial charge in [0.15, 0.2) is 5.05 Å². The van der Waals surface area contributed by atoms with Gasteiger partial charge in [-0.15, -0.1) is 0 Å². The third-order valence-electron chi connectivity index (χ3n) is 0.711. The van der Waals surface area contributed by atoms with Gasteiger partial charge in [0.2, 0.25) is 0 Å². The number of rotatable bonds is 0. The highest BCUT2D eigenvalue weighted by Crippen LogP contribution is 1.91. The van der Waals surface area contributed by atoms with Crippen LogP contribution in [0.3, 0.4) is 0 Å². The molecule has 0 saturated carbocycles. The molecule has 0 aliphatic carbocycles. The first-order valence-corrected chi connectivity index (χ1v) is 2.54. The minimum atomic E-state index is 0.495. The van der Waals surface area contributed by atoms with Crippen molar-refractivity contribution in [2.45, 2.75) is 0 Å². The fourth-order valence-corrected chi connectivity index (χ4v) is 0.578. The van der Waals surface area contributed by atoms with Gasteiger partial charge in [-0.25, -0.2) is 0 Å². The van der Waals surface area contributed by atoms with Crippen LogP contribution in [0.2, 0.25) is 0 Å². The van der Waals surface area contributed by atoms with Crippen molar-refractivity contribution in [3.63, 3.8) is 0 Å². The van der Waals surface area contributed by atoms with Crippen molar-refractivity contribution in [2.24, 2.45) is 0 Å². The molecule has 7 heavy (non-hydrogen) atoms. The fourth-order valence-electron chi connectivity index (χ4n) is 0.412. The Morgan fingerprint density at radius 3 is 2.57 bits per heavy atom. The summed E-state index contributed by atoms with van der Waals surface area (Å²) in [5, 5.41) is 0.575. The summed E-state index contributed by atoms with van der Waals surface area (Å²) >= 11 is 4.66. The van der Waals surface area contributed by atoms with Gasteiger partial charge in [0.05, 0.1) is 6.61 Å². The summed E-state index contributed by atoms with van der Waals surface area (Å²) in [5.74, 6) is 0. The summed E-state index contributed by atoms with van der Waals surface area (Å²) < 4.78 is 9.80. The molecule has 3 heteroatoms. The second kappa shape index (κ2) is 2.23. The van der Waals surface area contributed by atoms with Crippen LogP contribution in [0.15, 0.2) is 0 Å². The molecule has 1 aliphatic heterocycles. The molecule has 1 heterocycles. The topological polar surface area (TPSA) is 18.5 Å². The smallest absolute Gasteiger partial charge is 0.185 e. The first kappa shape index (κ1) is 5.00. The molecule has 1 fully saturated rings. The predicted molar refractivity (Wildman–Crippen MR) is 29.4 cm³/mol. The van der Waals surface area contributed by atoms with Crippen LogP contribution < -0.4 is 0 Å². The van der Waals surface area contributed by atoms with E-state index in [1.807, 2.05) is 0 Å². The highest BCUT2D eigenvalue weighted by molar-refractivity contribution is 7.80. The Balaban J connectivity index is 2.25. The van der Waals surface area contributed by atoms with Crippen molar-refractivity contribution in [3.8, 4) is 0 Å². The van der Waals surface area contributed by atoms with Crippen LogP contribution in [0.1, 0.15) is 0 Å². The Kier molecular flexibility index (Phi) is 1.59. The molecule has 1 aliphatic rings. The molecule has 2 nitrogen and oxygen atoms in total. The van der Waals surface area contributed by atoms with Crippen molar-refractivity contribution in [1.29, 1.82) is 0 Å². The summed E-state index contributed by atoms with van der Waals surface area (Å²) in [4.78, 5) is 0. The fraction of sp³-hybridized carbons (Fsp3) is 0.750. The van der Waals surface area contributed by atoms with Gasteiger partial charge >= 0.3 is 0 Å². The molecule has 0 aromatic heterocycles. The summed E-state index contributed by atoms with van der Waals surface area (Å²) in [7, 11) is 0. The summed E-state index contributed by atoms with van der Waals surface area (Å²) in [6.07, 6.45) is 0. The third-order valence-corrected chi connectivity index (χ3v) is 0.946. The highest BCUT2D eigenvalue weighted by atomic mass is 32.1. The molecule has 0 radical (unpaired) electrons. The Labute approximate surface area is 47.4 Å². The van der Waals surface area contributed by atoms with Gasteiger partial charge in [-0.05, 0) is 12.2 Å². The maximum Gasteiger partial charge on any atom is 0.185 e. The van der Waals surface area contributed by atoms with Crippen LogP contribution in [-0.2, 0) is 9.47 Å². The van der Waals surface area contributed by atoms with E-state index in [0.717, 1.165) is 0 Å². The van der Waals surface area contributed by atoms with Crippen molar-refractivity contribution >= 4 is 17.3 Å². The van der Waals surface area contributed by atoms with Crippen LogP contribution in [0.25, 0.3) is 0 Å². The zero-order chi connectivity index (χ0) is 5.11. The van der Waals surface area contributed by atoms with E-state index in [2.05, 4.69) is 12.2 Å². The number of hydrogen-bond acceptors (Lipinski definition) is 3. The Morgan fingerprint density at radius 1 is 1.43 bits per heavy atom. The van der Waals surface area contributed by atoms with Crippen LogP contribution in [0, 0.1) is 0 Å². The van der Waals surface area contributed by atoms with Crippen LogP contribution in [-0.4, -0.2) is 24.9 Å². The van der Waals surface area contributed by atoms with Gasteiger partial charge in [-0.2, -0.15) is 0 Å². The average Bonchev–Trinajstić information content (AvgIpc) is 1.69. The first-order valence-electron chi connectivity index (χ1n) is 2.13. The number of ether oxygens (including phenoxy) is 2. The predicted octanol–water partition coefficient (Wildman–Crippen LogP) is 0.361. The van der Waals surface area contributed by atoms with Crippen molar-refractivity contribution in [2.75, 3.05) is 19.8 Å². The van der Waals surface area contributed by atoms with E-state index >= 15 is 0 Å². The van der Waals surface area contributed by atoms with E-state index in [1.54, 1.807) is 0 Å². The SMILES string of the molecule is S=C1COCCO1. The molecule has 0 atom stereocenters. The average molecular weight is 118 g/mol. The quantitative estimate of drug-likeness (QED) is 0.428. The van der Waals surface area contributed by atoms with E-state index in [4.69, 9.17) is 9.47 Å². The standard InChI is InChI=1S/C4H6O2S/c7-4-3-5-1-2-6-4/h1-3H2. The van der Waals surface area contributed by atoms with E-state index in [0.29, 0.717) is 24.9 Å². The summed E-state index contributed by atoms with van der Waals surface area (Å²) in [5.41, 5.74) is 0. The van der Waals surface area contributed by atoms with Gasteiger partial charge < -0.3 is 9.47 Å². The minimum absolute atomic E-state index is 0.495. The highest BCUT2D eigenvalue weighted by Gasteiger charge is 2.02. The number of hydrogen-bond donors (Lipinski definition) is 0. The maximum absolute atomic E-state index is 4.92. The monoisotopic (exact) mass is 118 g/mol. The summed E-state index contributed by atoms with van der Waals surface area (Å²) in [6.45, 7) is 1.80. The second-order valence-electron chi connectivity index (χ2n) is 1.27. The zero-order valence-electron chi connectivity index (χ0n) is 3.85. The van der Waals surface area contributed by atoms with E-state index in [1.165, 1.54) is 0 Å². The normalized spacial score (nSPS) is 21.4. The van der Waals surface area contributed by atoms with E-state index in [9.17, 15) is 0 Å². The molecule has 0 unspecified atom stereocenters. The second-order valence-corrected chi connectivity index (χ2v) is 1.73. The zero-order valence-corrected chi connectivity index (χ0v) is 4.66. The van der Waals surface area contributed by atoms with Gasteiger partial charge in [-0.1, -0.05) is 0 Å². The van der Waals surface area contributed by atoms with E-state index in [-0.39, 0.29) is 0 Å². The lowest BCUT2D eigenvalue weighted by molar-refractivity contribution is 0.0763. The third kappa shape index (κ3) is 1.41. The van der Waals surface area contributed by atoms with Gasteiger partial charge in [0, 0.05) is 0 Å². The Bertz CT molecular complexity index is 73.8. The minimum Gasteiger partial charge on any atom is -0.482 e. The van der Waals surface area contributed by atoms with Gasteiger partial charge in [-0.3, -0.25) is 0 Å². The lowest BCUT2D eigenvalue weighted by atomic mass is 10.6. The Hall–Kier alpha value is -0.150. The number of thiocarbonyl (C=S) groups is 1. The molecule has 0 N–H and O–H groups in total. The van der Waals surface area contributed by atoms with Crippen LogP contribution >= 0.6 is 12.2 Å². The van der Waals surface area contributed by atoms with Gasteiger partial charge in [0.1, 0.15) is 13.2 Å². The lowest BCUT2D eigenvalue weighted by Gasteiger charge is -2.12. The molecule has 40 valence electrons. The lowest BCUT2D eigenvalue weighted by Crippen LogP contribution is -2.21. The van der Waals surface area contributed by atoms with Crippen LogP contribution in [0.4, 0.5) is 0 Å². The molecular formula is C4H6O2S. The molecule has 1 saturated heterocycles. The molecular weight excluding hydrogens is 112 g/mol. The largest absolute Gasteiger partial charge is 0.482 e. The molecule has 0 aromatic rings. The van der Waals surface area contributed by atoms with E-state index < -0.39 is 0 Å². The molecule has 0 bridgehead atoms. The van der Waals surface area contributed by atoms with Crippen LogP contribution in [0.5, 0.6) is 0 Å². The van der Waals surface area contributed by atoms with Crippen molar-refractivity contribution in [3.05, 3.63) is 0 Å². The molecule has 0 aromatic carbocycles. The van der Waals surface area contributed by atoms with Crippen molar-refractivity contribution in [1.82, 2.24) is 0 Å². The van der Waals surface area contributed by atoms with Crippen molar-refractivity contribution < 1.29 is 9.47 Å². The Morgan fingerprint density at radius 2 is 2.29 bits per heavy atom.